The van der Waals surface area contributed by atoms with Crippen LogP contribution in [0.3, 0.4) is 0 Å². The van der Waals surface area contributed by atoms with E-state index in [1.54, 1.807) is 13.0 Å². The number of benzene rings is 2. The Bertz CT molecular complexity index is 633. The minimum atomic E-state index is -0.672. The van der Waals surface area contributed by atoms with Gasteiger partial charge in [-0.3, -0.25) is 0 Å². The van der Waals surface area contributed by atoms with Crippen molar-refractivity contribution in [2.24, 2.45) is 0 Å². The van der Waals surface area contributed by atoms with E-state index < -0.39 is 11.8 Å². The largest absolute Gasteiger partial charge is 0.457 e. The molecule has 0 aromatic heterocycles. The lowest BCUT2D eigenvalue weighted by atomic mass is 10.0. The molecule has 2 aromatic carbocycles. The summed E-state index contributed by atoms with van der Waals surface area (Å²) in [6.07, 6.45) is 1.59. The van der Waals surface area contributed by atoms with Crippen LogP contribution in [-0.2, 0) is 11.3 Å². The fraction of sp³-hybridized carbons (Fsp3) is 0.118. The molecule has 0 N–H and O–H groups in total. The number of carbonyl (C=O) groups excluding carboxylic acids is 1. The van der Waals surface area contributed by atoms with E-state index >= 15 is 0 Å². The van der Waals surface area contributed by atoms with Crippen molar-refractivity contribution in [2.75, 3.05) is 0 Å². The molecule has 0 atom stereocenters. The molecule has 0 spiro atoms. The van der Waals surface area contributed by atoms with Crippen LogP contribution in [0.2, 0.25) is 0 Å². The molecule has 2 nitrogen and oxygen atoms in total. The molecule has 0 radical (unpaired) electrons. The molecule has 20 heavy (non-hydrogen) atoms. The Balaban J connectivity index is 2.15. The van der Waals surface area contributed by atoms with E-state index in [0.717, 1.165) is 16.7 Å². The number of hydrogen-bond donors (Lipinski definition) is 0. The SMILES string of the molecule is C=Cc1cc(C(=O)OCc2ccccc2)c(F)cc1C. The van der Waals surface area contributed by atoms with Gasteiger partial charge in [-0.1, -0.05) is 43.0 Å². The second-order valence-corrected chi connectivity index (χ2v) is 4.45. The topological polar surface area (TPSA) is 26.3 Å². The van der Waals surface area contributed by atoms with Gasteiger partial charge in [-0.15, -0.1) is 0 Å². The minimum Gasteiger partial charge on any atom is -0.457 e. The highest BCUT2D eigenvalue weighted by Gasteiger charge is 2.15. The molecule has 0 saturated carbocycles. The maximum Gasteiger partial charge on any atom is 0.341 e. The maximum atomic E-state index is 13.8. The minimum absolute atomic E-state index is 0.0681. The summed E-state index contributed by atoms with van der Waals surface area (Å²) in [4.78, 5) is 11.9. The van der Waals surface area contributed by atoms with E-state index in [9.17, 15) is 9.18 Å². The molecule has 0 heterocycles. The van der Waals surface area contributed by atoms with Crippen molar-refractivity contribution in [2.45, 2.75) is 13.5 Å². The summed E-state index contributed by atoms with van der Waals surface area (Å²) >= 11 is 0. The summed E-state index contributed by atoms with van der Waals surface area (Å²) in [6.45, 7) is 5.53. The molecule has 3 heteroatoms. The van der Waals surface area contributed by atoms with Crippen LogP contribution in [0.4, 0.5) is 4.39 Å². The van der Waals surface area contributed by atoms with Crippen LogP contribution in [0.1, 0.15) is 27.0 Å². The summed E-state index contributed by atoms with van der Waals surface area (Å²) in [5.74, 6) is -1.25. The van der Waals surface area contributed by atoms with Crippen LogP contribution in [0, 0.1) is 12.7 Å². The number of aryl methyl sites for hydroxylation is 1. The molecule has 0 aliphatic carbocycles. The van der Waals surface area contributed by atoms with Gasteiger partial charge in [0.25, 0.3) is 0 Å². The number of rotatable bonds is 4. The first-order valence-corrected chi connectivity index (χ1v) is 6.25. The molecule has 0 aliphatic heterocycles. The second-order valence-electron chi connectivity index (χ2n) is 4.45. The first-order valence-electron chi connectivity index (χ1n) is 6.25. The van der Waals surface area contributed by atoms with Gasteiger partial charge >= 0.3 is 5.97 Å². The van der Waals surface area contributed by atoms with E-state index in [1.807, 2.05) is 30.3 Å². The van der Waals surface area contributed by atoms with Crippen LogP contribution < -0.4 is 0 Å². The van der Waals surface area contributed by atoms with Crippen LogP contribution >= 0.6 is 0 Å². The molecule has 0 amide bonds. The second kappa shape index (κ2) is 6.15. The highest BCUT2D eigenvalue weighted by atomic mass is 19.1. The van der Waals surface area contributed by atoms with Gasteiger partial charge in [-0.25, -0.2) is 9.18 Å². The van der Waals surface area contributed by atoms with Crippen molar-refractivity contribution in [3.05, 3.63) is 77.1 Å². The molecular formula is C17H15FO2. The Hall–Kier alpha value is -2.42. The van der Waals surface area contributed by atoms with Gasteiger partial charge in [0.1, 0.15) is 12.4 Å². The van der Waals surface area contributed by atoms with Crippen LogP contribution in [0.5, 0.6) is 0 Å². The van der Waals surface area contributed by atoms with E-state index in [-0.39, 0.29) is 12.2 Å². The predicted molar refractivity (Wildman–Crippen MR) is 76.8 cm³/mol. The average Bonchev–Trinajstić information content (AvgIpc) is 2.46. The van der Waals surface area contributed by atoms with Crippen molar-refractivity contribution in [1.82, 2.24) is 0 Å². The third kappa shape index (κ3) is 3.12. The zero-order valence-electron chi connectivity index (χ0n) is 11.2. The van der Waals surface area contributed by atoms with Gasteiger partial charge in [-0.2, -0.15) is 0 Å². The Labute approximate surface area is 117 Å². The number of halogens is 1. The zero-order chi connectivity index (χ0) is 14.5. The first-order chi connectivity index (χ1) is 9.61. The van der Waals surface area contributed by atoms with Crippen molar-refractivity contribution >= 4 is 12.0 Å². The standard InChI is InChI=1S/C17H15FO2/c1-3-14-10-15(16(18)9-12(14)2)17(19)20-11-13-7-5-4-6-8-13/h3-10H,1,11H2,2H3. The van der Waals surface area contributed by atoms with Gasteiger partial charge < -0.3 is 4.74 Å². The lowest BCUT2D eigenvalue weighted by Crippen LogP contribution is -2.08. The zero-order valence-corrected chi connectivity index (χ0v) is 11.2. The number of hydrogen-bond acceptors (Lipinski definition) is 2. The van der Waals surface area contributed by atoms with Crippen molar-refractivity contribution in [3.8, 4) is 0 Å². The van der Waals surface area contributed by atoms with Gasteiger partial charge in [0.2, 0.25) is 0 Å². The van der Waals surface area contributed by atoms with Gasteiger partial charge in [0, 0.05) is 0 Å². The van der Waals surface area contributed by atoms with Crippen LogP contribution in [-0.4, -0.2) is 5.97 Å². The van der Waals surface area contributed by atoms with Crippen molar-refractivity contribution in [3.63, 3.8) is 0 Å². The molecule has 0 unspecified atom stereocenters. The van der Waals surface area contributed by atoms with Gasteiger partial charge in [0.05, 0.1) is 5.56 Å². The van der Waals surface area contributed by atoms with Gasteiger partial charge in [0.15, 0.2) is 0 Å². The fourth-order valence-electron chi connectivity index (χ4n) is 1.87. The summed E-state index contributed by atoms with van der Waals surface area (Å²) in [6, 6.07) is 12.0. The van der Waals surface area contributed by atoms with E-state index in [4.69, 9.17) is 4.74 Å². The van der Waals surface area contributed by atoms with Crippen LogP contribution in [0.15, 0.2) is 49.0 Å². The number of ether oxygens (including phenoxy) is 1. The summed E-state index contributed by atoms with van der Waals surface area (Å²) in [7, 11) is 0. The highest BCUT2D eigenvalue weighted by molar-refractivity contribution is 5.90. The Morgan fingerprint density at radius 1 is 1.30 bits per heavy atom. The fourth-order valence-corrected chi connectivity index (χ4v) is 1.87. The molecule has 0 aliphatic rings. The summed E-state index contributed by atoms with van der Waals surface area (Å²) < 4.78 is 18.9. The summed E-state index contributed by atoms with van der Waals surface area (Å²) in [5, 5.41) is 0. The lowest BCUT2D eigenvalue weighted by molar-refractivity contribution is 0.0467. The molecule has 2 aromatic rings. The highest BCUT2D eigenvalue weighted by Crippen LogP contribution is 2.18. The van der Waals surface area contributed by atoms with Crippen molar-refractivity contribution < 1.29 is 13.9 Å². The number of esters is 1. The van der Waals surface area contributed by atoms with E-state index in [0.29, 0.717) is 0 Å². The molecule has 0 fully saturated rings. The number of carbonyl (C=O) groups is 1. The smallest absolute Gasteiger partial charge is 0.341 e. The first kappa shape index (κ1) is 14.0. The van der Waals surface area contributed by atoms with E-state index in [1.165, 1.54) is 12.1 Å². The van der Waals surface area contributed by atoms with Crippen molar-refractivity contribution in [1.29, 1.82) is 0 Å². The molecule has 0 saturated heterocycles. The average molecular weight is 270 g/mol. The Morgan fingerprint density at radius 3 is 2.65 bits per heavy atom. The maximum absolute atomic E-state index is 13.8. The molecule has 2 rings (SSSR count). The normalized spacial score (nSPS) is 10.1. The Kier molecular flexibility index (Phi) is 4.31. The molecular weight excluding hydrogens is 255 g/mol. The lowest BCUT2D eigenvalue weighted by Gasteiger charge is -2.08. The van der Waals surface area contributed by atoms with Gasteiger partial charge in [-0.05, 0) is 35.7 Å². The third-order valence-corrected chi connectivity index (χ3v) is 3.01. The molecule has 102 valence electrons. The quantitative estimate of drug-likeness (QED) is 0.781. The third-order valence-electron chi connectivity index (χ3n) is 3.01. The predicted octanol–water partition coefficient (Wildman–Crippen LogP) is 4.13. The summed E-state index contributed by atoms with van der Waals surface area (Å²) in [5.41, 5.74) is 2.24. The monoisotopic (exact) mass is 270 g/mol. The van der Waals surface area contributed by atoms with Crippen LogP contribution in [0.25, 0.3) is 6.08 Å². The Morgan fingerprint density at radius 2 is 2.00 bits per heavy atom. The molecule has 0 bridgehead atoms. The van der Waals surface area contributed by atoms with E-state index in [2.05, 4.69) is 6.58 Å².